The molecule has 2 N–H and O–H groups in total. The van der Waals surface area contributed by atoms with Crippen LogP contribution in [0.4, 0.5) is 11.4 Å². The van der Waals surface area contributed by atoms with Gasteiger partial charge >= 0.3 is 0 Å². The Morgan fingerprint density at radius 3 is 2.63 bits per heavy atom. The van der Waals surface area contributed by atoms with Crippen LogP contribution in [0.5, 0.6) is 0 Å². The second-order valence-electron chi connectivity index (χ2n) is 9.47. The number of carbonyl (C=O) groups excluding carboxylic acids is 1. The first kappa shape index (κ1) is 26.2. The molecule has 2 atom stereocenters. The van der Waals surface area contributed by atoms with Gasteiger partial charge in [0.05, 0.1) is 22.4 Å². The van der Waals surface area contributed by atoms with Crippen molar-refractivity contribution in [2.24, 2.45) is 5.92 Å². The molecular formula is C29H26Cl2N4O2S. The van der Waals surface area contributed by atoms with Crippen LogP contribution in [0.25, 0.3) is 11.3 Å². The zero-order chi connectivity index (χ0) is 27.0. The maximum absolute atomic E-state index is 12.2. The number of pyridine rings is 1. The van der Waals surface area contributed by atoms with Gasteiger partial charge in [0.1, 0.15) is 17.6 Å². The lowest BCUT2D eigenvalue weighted by Crippen LogP contribution is -2.29. The summed E-state index contributed by atoms with van der Waals surface area (Å²) in [4.78, 5) is 18.8. The lowest BCUT2D eigenvalue weighted by molar-refractivity contribution is -0.118. The fourth-order valence-electron chi connectivity index (χ4n) is 4.47. The van der Waals surface area contributed by atoms with Gasteiger partial charge in [-0.15, -0.1) is 0 Å². The van der Waals surface area contributed by atoms with Crippen LogP contribution in [-0.4, -0.2) is 16.0 Å². The van der Waals surface area contributed by atoms with Gasteiger partial charge in [0.15, 0.2) is 5.11 Å². The van der Waals surface area contributed by atoms with Crippen molar-refractivity contribution in [1.29, 1.82) is 0 Å². The van der Waals surface area contributed by atoms with E-state index in [0.29, 0.717) is 32.4 Å². The van der Waals surface area contributed by atoms with Gasteiger partial charge in [-0.25, -0.2) is 0 Å². The highest BCUT2D eigenvalue weighted by atomic mass is 35.5. The highest BCUT2D eigenvalue weighted by Gasteiger charge is 2.42. The first-order valence-electron chi connectivity index (χ1n) is 12.2. The molecule has 5 rings (SSSR count). The summed E-state index contributed by atoms with van der Waals surface area (Å²) in [5, 5.41) is 7.85. The van der Waals surface area contributed by atoms with E-state index in [1.165, 1.54) is 0 Å². The van der Waals surface area contributed by atoms with E-state index in [2.05, 4.69) is 15.6 Å². The van der Waals surface area contributed by atoms with E-state index < -0.39 is 0 Å². The molecule has 0 spiro atoms. The van der Waals surface area contributed by atoms with Crippen molar-refractivity contribution in [2.75, 3.05) is 10.2 Å². The topological polar surface area (TPSA) is 70.4 Å². The van der Waals surface area contributed by atoms with E-state index in [1.807, 2.05) is 80.3 Å². The minimum absolute atomic E-state index is 0.106. The number of carbonyl (C=O) groups is 1. The SMILES string of the molecule is Cc1ccc(Cl)cc1-c1ccc(C2C(c3ccccn3)NC(=S)N2c2ccc(NC(=O)C(C)C)c(Cl)c2)o1. The molecule has 3 heterocycles. The molecule has 1 saturated heterocycles. The van der Waals surface area contributed by atoms with E-state index in [1.54, 1.807) is 18.3 Å². The summed E-state index contributed by atoms with van der Waals surface area (Å²) in [5.41, 5.74) is 4.11. The standard InChI is InChI=1S/C29H26Cl2N4O2S/c1-16(2)28(36)33-22-10-9-19(15-21(22)31)35-27(26(34-29(35)38)23-6-4-5-13-32-23)25-12-11-24(37-25)20-14-18(30)8-7-17(20)3/h4-16,26-27H,1-3H3,(H,33,36)(H,34,38). The Kier molecular flexibility index (Phi) is 7.43. The van der Waals surface area contributed by atoms with E-state index in [0.717, 1.165) is 22.5 Å². The summed E-state index contributed by atoms with van der Waals surface area (Å²) in [6, 6.07) is 20.2. The van der Waals surface area contributed by atoms with E-state index in [4.69, 9.17) is 39.8 Å². The minimum Gasteiger partial charge on any atom is -0.459 e. The number of nitrogens with zero attached hydrogens (tertiary/aromatic N) is 2. The number of halogens is 2. The zero-order valence-corrected chi connectivity index (χ0v) is 23.4. The maximum atomic E-state index is 12.2. The second kappa shape index (κ2) is 10.8. The molecule has 0 aliphatic carbocycles. The largest absolute Gasteiger partial charge is 0.459 e. The molecule has 4 aromatic rings. The quantitative estimate of drug-likeness (QED) is 0.233. The average Bonchev–Trinajstić information content (AvgIpc) is 3.51. The summed E-state index contributed by atoms with van der Waals surface area (Å²) in [6.07, 6.45) is 1.76. The molecule has 194 valence electrons. The number of hydrogen-bond donors (Lipinski definition) is 2. The molecule has 38 heavy (non-hydrogen) atoms. The molecule has 0 bridgehead atoms. The molecular weight excluding hydrogens is 539 g/mol. The number of thiocarbonyl (C=S) groups is 1. The molecule has 2 unspecified atom stereocenters. The Hall–Kier alpha value is -3.39. The first-order valence-corrected chi connectivity index (χ1v) is 13.4. The van der Waals surface area contributed by atoms with Gasteiger partial charge in [-0.3, -0.25) is 9.78 Å². The summed E-state index contributed by atoms with van der Waals surface area (Å²) in [7, 11) is 0. The van der Waals surface area contributed by atoms with Crippen LogP contribution in [0.1, 0.15) is 42.9 Å². The lowest BCUT2D eigenvalue weighted by atomic mass is 10.0. The van der Waals surface area contributed by atoms with Crippen molar-refractivity contribution in [3.63, 3.8) is 0 Å². The van der Waals surface area contributed by atoms with Gasteiger partial charge in [0, 0.05) is 28.4 Å². The van der Waals surface area contributed by atoms with Crippen molar-refractivity contribution >= 4 is 57.8 Å². The Balaban J connectivity index is 1.56. The van der Waals surface area contributed by atoms with Crippen molar-refractivity contribution in [3.8, 4) is 11.3 Å². The molecule has 0 saturated carbocycles. The van der Waals surface area contributed by atoms with Crippen molar-refractivity contribution in [3.05, 3.63) is 100.0 Å². The molecule has 1 amide bonds. The fourth-order valence-corrected chi connectivity index (χ4v) is 5.21. The van der Waals surface area contributed by atoms with Gasteiger partial charge in [0.25, 0.3) is 0 Å². The van der Waals surface area contributed by atoms with Gasteiger partial charge < -0.3 is 20.0 Å². The number of nitrogens with one attached hydrogen (secondary N) is 2. The summed E-state index contributed by atoms with van der Waals surface area (Å²) < 4.78 is 6.46. The Morgan fingerprint density at radius 1 is 1.11 bits per heavy atom. The summed E-state index contributed by atoms with van der Waals surface area (Å²) in [6.45, 7) is 5.68. The first-order chi connectivity index (χ1) is 18.2. The number of hydrogen-bond acceptors (Lipinski definition) is 4. The van der Waals surface area contributed by atoms with Crippen LogP contribution in [0.2, 0.25) is 10.0 Å². The Labute approximate surface area is 237 Å². The number of anilines is 2. The molecule has 6 nitrogen and oxygen atoms in total. The summed E-state index contributed by atoms with van der Waals surface area (Å²) in [5.74, 6) is 1.14. The highest BCUT2D eigenvalue weighted by Crippen LogP contribution is 2.44. The second-order valence-corrected chi connectivity index (χ2v) is 10.7. The molecule has 9 heteroatoms. The molecule has 2 aromatic carbocycles. The van der Waals surface area contributed by atoms with E-state index in [9.17, 15) is 4.79 Å². The number of aromatic nitrogens is 1. The third-order valence-corrected chi connectivity index (χ3v) is 7.36. The van der Waals surface area contributed by atoms with Gasteiger partial charge in [-0.05, 0) is 79.3 Å². The van der Waals surface area contributed by atoms with Gasteiger partial charge in [0.2, 0.25) is 5.91 Å². The van der Waals surface area contributed by atoms with Crippen molar-refractivity contribution < 1.29 is 9.21 Å². The third-order valence-electron chi connectivity index (χ3n) is 6.49. The van der Waals surface area contributed by atoms with Gasteiger partial charge in [-0.1, -0.05) is 49.2 Å². The molecule has 1 aliphatic heterocycles. The predicted octanol–water partition coefficient (Wildman–Crippen LogP) is 7.73. The Morgan fingerprint density at radius 2 is 1.92 bits per heavy atom. The third kappa shape index (κ3) is 5.14. The smallest absolute Gasteiger partial charge is 0.226 e. The van der Waals surface area contributed by atoms with Crippen molar-refractivity contribution in [1.82, 2.24) is 10.3 Å². The van der Waals surface area contributed by atoms with E-state index in [-0.39, 0.29) is 23.9 Å². The number of rotatable bonds is 6. The number of benzene rings is 2. The minimum atomic E-state index is -0.349. The molecule has 0 radical (unpaired) electrons. The number of furan rings is 1. The highest BCUT2D eigenvalue weighted by molar-refractivity contribution is 7.80. The van der Waals surface area contributed by atoms with Crippen LogP contribution in [0, 0.1) is 12.8 Å². The average molecular weight is 566 g/mol. The van der Waals surface area contributed by atoms with Crippen LogP contribution >= 0.6 is 35.4 Å². The van der Waals surface area contributed by atoms with E-state index >= 15 is 0 Å². The zero-order valence-electron chi connectivity index (χ0n) is 21.0. The normalized spacial score (nSPS) is 17.1. The van der Waals surface area contributed by atoms with Gasteiger partial charge in [-0.2, -0.15) is 0 Å². The van der Waals surface area contributed by atoms with Crippen LogP contribution in [-0.2, 0) is 4.79 Å². The maximum Gasteiger partial charge on any atom is 0.226 e. The van der Waals surface area contributed by atoms with Crippen LogP contribution in [0.15, 0.2) is 77.3 Å². The van der Waals surface area contributed by atoms with Crippen LogP contribution in [0.3, 0.4) is 0 Å². The molecule has 1 aliphatic rings. The van der Waals surface area contributed by atoms with Crippen LogP contribution < -0.4 is 15.5 Å². The molecule has 2 aromatic heterocycles. The fraction of sp³-hybridized carbons (Fsp3) is 0.207. The summed E-state index contributed by atoms with van der Waals surface area (Å²) >= 11 is 18.7. The number of amides is 1. The molecule has 1 fully saturated rings. The van der Waals surface area contributed by atoms with Crippen molar-refractivity contribution in [2.45, 2.75) is 32.9 Å². The lowest BCUT2D eigenvalue weighted by Gasteiger charge is -2.26. The number of aryl methyl sites for hydroxylation is 1. The monoisotopic (exact) mass is 564 g/mol. The Bertz CT molecular complexity index is 1510. The predicted molar refractivity (Wildman–Crippen MR) is 157 cm³/mol.